The topological polar surface area (TPSA) is 79.2 Å². The number of nitrogens with two attached hydrogens (primary N) is 1. The van der Waals surface area contributed by atoms with Gasteiger partial charge in [0.1, 0.15) is 0 Å². The Morgan fingerprint density at radius 2 is 2.16 bits per heavy atom. The van der Waals surface area contributed by atoms with Crippen molar-refractivity contribution < 1.29 is 9.53 Å². The summed E-state index contributed by atoms with van der Waals surface area (Å²) in [5.41, 5.74) is 6.41. The molecule has 1 aromatic carbocycles. The average Bonchev–Trinajstić information content (AvgIpc) is 2.62. The summed E-state index contributed by atoms with van der Waals surface area (Å²) < 4.78 is 7.58. The summed E-state index contributed by atoms with van der Waals surface area (Å²) in [6.45, 7) is 2.35. The van der Waals surface area contributed by atoms with E-state index in [-0.39, 0.29) is 5.56 Å². The standard InChI is InChI=1S/C13H17N3O3/c1-3-4-7-19-13(18)16-11-8-9(14)5-6-10(11)12(17)15(16)2/h5-6,8H,3-4,7,14H2,1-2H3. The quantitative estimate of drug-likeness (QED) is 0.675. The van der Waals surface area contributed by atoms with E-state index in [1.807, 2.05) is 6.92 Å². The van der Waals surface area contributed by atoms with E-state index < -0.39 is 6.09 Å². The maximum atomic E-state index is 12.0. The minimum atomic E-state index is -0.561. The summed E-state index contributed by atoms with van der Waals surface area (Å²) in [5, 5.41) is 0.448. The number of carbonyl (C=O) groups is 1. The van der Waals surface area contributed by atoms with Gasteiger partial charge >= 0.3 is 6.09 Å². The van der Waals surface area contributed by atoms with E-state index in [0.29, 0.717) is 23.2 Å². The average molecular weight is 263 g/mol. The van der Waals surface area contributed by atoms with Crippen LogP contribution in [0, 0.1) is 0 Å². The molecule has 0 amide bonds. The summed E-state index contributed by atoms with van der Waals surface area (Å²) in [7, 11) is 1.53. The van der Waals surface area contributed by atoms with Gasteiger partial charge in [0.15, 0.2) is 0 Å². The molecule has 0 unspecified atom stereocenters. The van der Waals surface area contributed by atoms with Crippen molar-refractivity contribution in [3.05, 3.63) is 28.6 Å². The highest BCUT2D eigenvalue weighted by atomic mass is 16.6. The van der Waals surface area contributed by atoms with E-state index in [1.54, 1.807) is 18.2 Å². The molecule has 6 heteroatoms. The fourth-order valence-corrected chi connectivity index (χ4v) is 1.92. The molecule has 0 atom stereocenters. The van der Waals surface area contributed by atoms with Crippen LogP contribution in [0.25, 0.3) is 10.9 Å². The van der Waals surface area contributed by atoms with Crippen LogP contribution in [0.2, 0.25) is 0 Å². The predicted octanol–water partition coefficient (Wildman–Crippen LogP) is 1.71. The lowest BCUT2D eigenvalue weighted by atomic mass is 10.2. The molecule has 1 aromatic heterocycles. The number of nitrogen functional groups attached to an aromatic ring is 1. The lowest BCUT2D eigenvalue weighted by Crippen LogP contribution is -2.25. The van der Waals surface area contributed by atoms with Crippen molar-refractivity contribution in [3.8, 4) is 0 Å². The van der Waals surface area contributed by atoms with Crippen molar-refractivity contribution in [2.45, 2.75) is 19.8 Å². The molecule has 0 aliphatic heterocycles. The van der Waals surface area contributed by atoms with Gasteiger partial charge in [-0.3, -0.25) is 4.79 Å². The molecule has 0 spiro atoms. The maximum absolute atomic E-state index is 12.0. The third-order valence-corrected chi connectivity index (χ3v) is 2.97. The summed E-state index contributed by atoms with van der Waals surface area (Å²) in [6, 6.07) is 4.84. The molecule has 0 radical (unpaired) electrons. The van der Waals surface area contributed by atoms with Gasteiger partial charge in [0.05, 0.1) is 17.5 Å². The Labute approximate surface area is 110 Å². The SMILES string of the molecule is CCCCOC(=O)n1c2cc(N)ccc2c(=O)n1C. The van der Waals surface area contributed by atoms with Gasteiger partial charge in [-0.2, -0.15) is 4.68 Å². The van der Waals surface area contributed by atoms with Gasteiger partial charge in [-0.15, -0.1) is 0 Å². The first kappa shape index (κ1) is 13.2. The summed E-state index contributed by atoms with van der Waals surface area (Å²) >= 11 is 0. The zero-order valence-corrected chi connectivity index (χ0v) is 11.0. The normalized spacial score (nSPS) is 10.8. The van der Waals surface area contributed by atoms with Crippen LogP contribution in [0.3, 0.4) is 0 Å². The number of hydrogen-bond donors (Lipinski definition) is 1. The van der Waals surface area contributed by atoms with E-state index in [0.717, 1.165) is 12.8 Å². The van der Waals surface area contributed by atoms with E-state index >= 15 is 0 Å². The first-order chi connectivity index (χ1) is 9.06. The minimum absolute atomic E-state index is 0.248. The molecular weight excluding hydrogens is 246 g/mol. The number of aromatic nitrogens is 2. The highest BCUT2D eigenvalue weighted by Crippen LogP contribution is 2.15. The molecule has 0 fully saturated rings. The van der Waals surface area contributed by atoms with Crippen molar-refractivity contribution in [2.75, 3.05) is 12.3 Å². The van der Waals surface area contributed by atoms with Crippen molar-refractivity contribution in [1.82, 2.24) is 9.36 Å². The van der Waals surface area contributed by atoms with Gasteiger partial charge in [-0.25, -0.2) is 9.48 Å². The number of benzene rings is 1. The van der Waals surface area contributed by atoms with E-state index in [4.69, 9.17) is 10.5 Å². The van der Waals surface area contributed by atoms with E-state index in [2.05, 4.69) is 0 Å². The molecule has 1 heterocycles. The third-order valence-electron chi connectivity index (χ3n) is 2.97. The van der Waals surface area contributed by atoms with Crippen molar-refractivity contribution in [2.24, 2.45) is 7.05 Å². The van der Waals surface area contributed by atoms with Crippen LogP contribution in [0.5, 0.6) is 0 Å². The van der Waals surface area contributed by atoms with Crippen LogP contribution in [0.15, 0.2) is 23.0 Å². The number of unbranched alkanes of at least 4 members (excludes halogenated alkanes) is 1. The Bertz CT molecular complexity index is 670. The highest BCUT2D eigenvalue weighted by Gasteiger charge is 2.17. The van der Waals surface area contributed by atoms with Crippen molar-refractivity contribution >= 4 is 22.7 Å². The number of anilines is 1. The van der Waals surface area contributed by atoms with Gasteiger partial charge in [-0.05, 0) is 24.6 Å². The van der Waals surface area contributed by atoms with Gasteiger partial charge in [-0.1, -0.05) is 13.3 Å². The Balaban J connectivity index is 2.47. The molecule has 2 N–H and O–H groups in total. The van der Waals surface area contributed by atoms with Gasteiger partial charge in [0.2, 0.25) is 0 Å². The van der Waals surface area contributed by atoms with Crippen LogP contribution in [0.4, 0.5) is 10.5 Å². The first-order valence-electron chi connectivity index (χ1n) is 6.20. The molecule has 0 saturated carbocycles. The molecular formula is C13H17N3O3. The van der Waals surface area contributed by atoms with E-state index in [9.17, 15) is 9.59 Å². The van der Waals surface area contributed by atoms with Crippen LogP contribution in [-0.4, -0.2) is 22.1 Å². The molecule has 0 bridgehead atoms. The monoisotopic (exact) mass is 263 g/mol. The zero-order chi connectivity index (χ0) is 14.0. The molecule has 0 aliphatic carbocycles. The molecule has 6 nitrogen and oxygen atoms in total. The van der Waals surface area contributed by atoms with Gasteiger partial charge < -0.3 is 10.5 Å². The number of hydrogen-bond acceptors (Lipinski definition) is 4. The number of carbonyl (C=O) groups excluding carboxylic acids is 1. The van der Waals surface area contributed by atoms with Crippen LogP contribution >= 0.6 is 0 Å². The third kappa shape index (κ3) is 2.33. The second-order valence-electron chi connectivity index (χ2n) is 4.39. The Morgan fingerprint density at radius 3 is 2.84 bits per heavy atom. The molecule has 2 rings (SSSR count). The van der Waals surface area contributed by atoms with Crippen LogP contribution < -0.4 is 11.3 Å². The fraction of sp³-hybridized carbons (Fsp3) is 0.385. The highest BCUT2D eigenvalue weighted by molar-refractivity contribution is 5.89. The Morgan fingerprint density at radius 1 is 1.42 bits per heavy atom. The zero-order valence-electron chi connectivity index (χ0n) is 11.0. The summed E-state index contributed by atoms with van der Waals surface area (Å²) in [4.78, 5) is 24.0. The minimum Gasteiger partial charge on any atom is -0.448 e. The van der Waals surface area contributed by atoms with Gasteiger partial charge in [0, 0.05) is 12.7 Å². The second kappa shape index (κ2) is 5.17. The largest absolute Gasteiger partial charge is 0.448 e. The maximum Gasteiger partial charge on any atom is 0.433 e. The summed E-state index contributed by atoms with van der Waals surface area (Å²) in [5.74, 6) is 0. The van der Waals surface area contributed by atoms with Crippen LogP contribution in [0.1, 0.15) is 19.8 Å². The lowest BCUT2D eigenvalue weighted by Gasteiger charge is -2.08. The molecule has 0 aliphatic rings. The van der Waals surface area contributed by atoms with Crippen molar-refractivity contribution in [1.29, 1.82) is 0 Å². The molecule has 102 valence electrons. The Kier molecular flexibility index (Phi) is 3.59. The number of nitrogens with zero attached hydrogens (tertiary/aromatic N) is 2. The smallest absolute Gasteiger partial charge is 0.433 e. The molecule has 0 saturated heterocycles. The lowest BCUT2D eigenvalue weighted by molar-refractivity contribution is 0.140. The molecule has 2 aromatic rings. The van der Waals surface area contributed by atoms with Crippen molar-refractivity contribution in [3.63, 3.8) is 0 Å². The van der Waals surface area contributed by atoms with Crippen LogP contribution in [-0.2, 0) is 11.8 Å². The fourth-order valence-electron chi connectivity index (χ4n) is 1.92. The second-order valence-corrected chi connectivity index (χ2v) is 4.39. The first-order valence-corrected chi connectivity index (χ1v) is 6.20. The van der Waals surface area contributed by atoms with E-state index in [1.165, 1.54) is 16.4 Å². The molecule has 19 heavy (non-hydrogen) atoms. The number of ether oxygens (including phenoxy) is 1. The number of rotatable bonds is 3. The Hall–Kier alpha value is -2.24. The van der Waals surface area contributed by atoms with Gasteiger partial charge in [0.25, 0.3) is 5.56 Å². The number of fused-ring (bicyclic) bond motifs is 1. The predicted molar refractivity (Wildman–Crippen MR) is 73.2 cm³/mol. The summed E-state index contributed by atoms with van der Waals surface area (Å²) in [6.07, 6.45) is 1.17.